The third-order valence-electron chi connectivity index (χ3n) is 4.23. The third kappa shape index (κ3) is 4.20. The van der Waals surface area contributed by atoms with E-state index in [2.05, 4.69) is 20.4 Å². The molecule has 140 valence electrons. The van der Waals surface area contributed by atoms with Crippen molar-refractivity contribution in [3.63, 3.8) is 0 Å². The zero-order valence-electron chi connectivity index (χ0n) is 15.3. The second-order valence-electron chi connectivity index (χ2n) is 6.36. The van der Waals surface area contributed by atoms with Crippen LogP contribution >= 0.6 is 0 Å². The van der Waals surface area contributed by atoms with Gasteiger partial charge in [-0.25, -0.2) is 4.39 Å². The van der Waals surface area contributed by atoms with Gasteiger partial charge in [0.25, 0.3) is 0 Å². The molecule has 2 heterocycles. The number of pyridine rings is 1. The number of hydrogen-bond acceptors (Lipinski definition) is 5. The molecule has 7 heteroatoms. The highest BCUT2D eigenvalue weighted by Crippen LogP contribution is 2.18. The van der Waals surface area contributed by atoms with Gasteiger partial charge in [-0.15, -0.1) is 10.2 Å². The van der Waals surface area contributed by atoms with Gasteiger partial charge in [-0.05, 0) is 65.7 Å². The van der Waals surface area contributed by atoms with Crippen molar-refractivity contribution in [3.05, 3.63) is 89.5 Å². The standard InChI is InChI=1S/C21H18FN5O/c1-15-12-17(7-10-20(15)22)21-24-26-27(25-21)13-16-5-8-19(9-6-16)28-14-18-4-2-3-11-23-18/h2-12H,13-14H2,1H3. The zero-order valence-corrected chi connectivity index (χ0v) is 15.3. The van der Waals surface area contributed by atoms with E-state index in [0.29, 0.717) is 24.5 Å². The summed E-state index contributed by atoms with van der Waals surface area (Å²) >= 11 is 0. The maximum atomic E-state index is 13.4. The first kappa shape index (κ1) is 17.8. The van der Waals surface area contributed by atoms with Gasteiger partial charge in [-0.3, -0.25) is 4.98 Å². The van der Waals surface area contributed by atoms with E-state index in [9.17, 15) is 4.39 Å². The minimum Gasteiger partial charge on any atom is -0.487 e. The van der Waals surface area contributed by atoms with Crippen LogP contribution in [0.25, 0.3) is 11.4 Å². The molecular formula is C21H18FN5O. The Bertz CT molecular complexity index is 1060. The number of aryl methyl sites for hydroxylation is 1. The fraction of sp³-hybridized carbons (Fsp3) is 0.143. The lowest BCUT2D eigenvalue weighted by atomic mass is 10.1. The van der Waals surface area contributed by atoms with Crippen molar-refractivity contribution in [3.8, 4) is 17.1 Å². The van der Waals surface area contributed by atoms with E-state index in [4.69, 9.17) is 4.74 Å². The van der Waals surface area contributed by atoms with Crippen molar-refractivity contribution in [1.82, 2.24) is 25.2 Å². The molecule has 0 radical (unpaired) electrons. The first-order chi connectivity index (χ1) is 13.7. The van der Waals surface area contributed by atoms with E-state index < -0.39 is 0 Å². The number of halogens is 1. The van der Waals surface area contributed by atoms with Crippen LogP contribution < -0.4 is 4.74 Å². The second-order valence-corrected chi connectivity index (χ2v) is 6.36. The first-order valence-electron chi connectivity index (χ1n) is 8.83. The van der Waals surface area contributed by atoms with Crippen LogP contribution in [0.1, 0.15) is 16.8 Å². The van der Waals surface area contributed by atoms with E-state index in [1.165, 1.54) is 10.9 Å². The Kier molecular flexibility index (Phi) is 5.05. The SMILES string of the molecule is Cc1cc(-c2nnn(Cc3ccc(OCc4ccccn4)cc3)n2)ccc1F. The van der Waals surface area contributed by atoms with E-state index in [-0.39, 0.29) is 5.82 Å². The van der Waals surface area contributed by atoms with Gasteiger partial charge in [0, 0.05) is 11.8 Å². The molecule has 0 saturated carbocycles. The summed E-state index contributed by atoms with van der Waals surface area (Å²) in [5.74, 6) is 0.989. The number of ether oxygens (including phenoxy) is 1. The topological polar surface area (TPSA) is 65.7 Å². The largest absolute Gasteiger partial charge is 0.487 e. The molecule has 0 aliphatic heterocycles. The average molecular weight is 375 g/mol. The molecular weight excluding hydrogens is 357 g/mol. The lowest BCUT2D eigenvalue weighted by Gasteiger charge is -2.06. The Hall–Kier alpha value is -3.61. The highest BCUT2D eigenvalue weighted by atomic mass is 19.1. The Morgan fingerprint density at radius 1 is 1.04 bits per heavy atom. The monoisotopic (exact) mass is 375 g/mol. The number of aromatic nitrogens is 5. The van der Waals surface area contributed by atoms with Crippen LogP contribution in [0.15, 0.2) is 66.9 Å². The highest BCUT2D eigenvalue weighted by Gasteiger charge is 2.08. The second kappa shape index (κ2) is 7.96. The molecule has 28 heavy (non-hydrogen) atoms. The van der Waals surface area contributed by atoms with E-state index >= 15 is 0 Å². The predicted molar refractivity (Wildman–Crippen MR) is 102 cm³/mol. The molecule has 6 nitrogen and oxygen atoms in total. The van der Waals surface area contributed by atoms with Gasteiger partial charge in [0.05, 0.1) is 12.2 Å². The van der Waals surface area contributed by atoms with Gasteiger partial charge >= 0.3 is 0 Å². The summed E-state index contributed by atoms with van der Waals surface area (Å²) in [6.45, 7) is 2.61. The number of benzene rings is 2. The third-order valence-corrected chi connectivity index (χ3v) is 4.23. The number of hydrogen-bond donors (Lipinski definition) is 0. The van der Waals surface area contributed by atoms with Crippen LogP contribution in [0.5, 0.6) is 5.75 Å². The number of tetrazole rings is 1. The zero-order chi connectivity index (χ0) is 19.3. The Balaban J connectivity index is 1.39. The minimum atomic E-state index is -0.249. The Labute approximate surface area is 161 Å². The summed E-state index contributed by atoms with van der Waals surface area (Å²) in [5, 5.41) is 12.5. The van der Waals surface area contributed by atoms with Crippen molar-refractivity contribution >= 4 is 0 Å². The maximum absolute atomic E-state index is 13.4. The molecule has 0 unspecified atom stereocenters. The summed E-state index contributed by atoms with van der Waals surface area (Å²) in [7, 11) is 0. The van der Waals surface area contributed by atoms with Crippen LogP contribution in [0, 0.1) is 12.7 Å². The van der Waals surface area contributed by atoms with Crippen molar-refractivity contribution in [2.45, 2.75) is 20.1 Å². The quantitative estimate of drug-likeness (QED) is 0.513. The molecule has 2 aromatic carbocycles. The van der Waals surface area contributed by atoms with Gasteiger partial charge in [0.15, 0.2) is 0 Å². The van der Waals surface area contributed by atoms with Gasteiger partial charge in [-0.2, -0.15) is 4.80 Å². The maximum Gasteiger partial charge on any atom is 0.204 e. The van der Waals surface area contributed by atoms with E-state index in [1.54, 1.807) is 25.3 Å². The Morgan fingerprint density at radius 3 is 2.64 bits per heavy atom. The number of rotatable bonds is 6. The Morgan fingerprint density at radius 2 is 1.89 bits per heavy atom. The molecule has 4 rings (SSSR count). The molecule has 0 fully saturated rings. The molecule has 0 amide bonds. The summed E-state index contributed by atoms with van der Waals surface area (Å²) in [6, 6.07) is 18.2. The van der Waals surface area contributed by atoms with Crippen LogP contribution in [-0.4, -0.2) is 25.2 Å². The molecule has 0 spiro atoms. The molecule has 0 atom stereocenters. The summed E-state index contributed by atoms with van der Waals surface area (Å²) in [4.78, 5) is 5.74. The summed E-state index contributed by atoms with van der Waals surface area (Å²) in [6.07, 6.45) is 1.74. The van der Waals surface area contributed by atoms with Crippen molar-refractivity contribution in [2.24, 2.45) is 0 Å². The van der Waals surface area contributed by atoms with Gasteiger partial charge in [-0.1, -0.05) is 18.2 Å². The van der Waals surface area contributed by atoms with Crippen LogP contribution in [-0.2, 0) is 13.2 Å². The molecule has 2 aromatic heterocycles. The van der Waals surface area contributed by atoms with E-state index in [1.807, 2.05) is 42.5 Å². The highest BCUT2D eigenvalue weighted by molar-refractivity contribution is 5.55. The molecule has 0 aliphatic carbocycles. The minimum absolute atomic E-state index is 0.249. The van der Waals surface area contributed by atoms with Crippen LogP contribution in [0.4, 0.5) is 4.39 Å². The molecule has 4 aromatic rings. The van der Waals surface area contributed by atoms with Crippen molar-refractivity contribution in [2.75, 3.05) is 0 Å². The van der Waals surface area contributed by atoms with Gasteiger partial charge in [0.1, 0.15) is 18.2 Å². The fourth-order valence-electron chi connectivity index (χ4n) is 2.70. The lowest BCUT2D eigenvalue weighted by molar-refractivity contribution is 0.301. The summed E-state index contributed by atoms with van der Waals surface area (Å²) < 4.78 is 19.2. The number of nitrogens with zero attached hydrogens (tertiary/aromatic N) is 5. The van der Waals surface area contributed by atoms with Crippen molar-refractivity contribution in [1.29, 1.82) is 0 Å². The predicted octanol–water partition coefficient (Wildman–Crippen LogP) is 3.81. The normalized spacial score (nSPS) is 10.8. The molecule has 0 N–H and O–H groups in total. The van der Waals surface area contributed by atoms with Gasteiger partial charge in [0.2, 0.25) is 5.82 Å². The first-order valence-corrected chi connectivity index (χ1v) is 8.83. The lowest BCUT2D eigenvalue weighted by Crippen LogP contribution is -2.04. The van der Waals surface area contributed by atoms with Crippen LogP contribution in [0.3, 0.4) is 0 Å². The van der Waals surface area contributed by atoms with Gasteiger partial charge < -0.3 is 4.74 Å². The molecule has 0 bridgehead atoms. The van der Waals surface area contributed by atoms with Crippen molar-refractivity contribution < 1.29 is 9.13 Å². The van der Waals surface area contributed by atoms with Crippen LogP contribution in [0.2, 0.25) is 0 Å². The molecule has 0 aliphatic rings. The van der Waals surface area contributed by atoms with E-state index in [0.717, 1.165) is 22.6 Å². The molecule has 0 saturated heterocycles. The summed E-state index contributed by atoms with van der Waals surface area (Å²) in [5.41, 5.74) is 3.19. The smallest absolute Gasteiger partial charge is 0.204 e. The average Bonchev–Trinajstić information content (AvgIpc) is 3.19. The fourth-order valence-corrected chi connectivity index (χ4v) is 2.70.